The summed E-state index contributed by atoms with van der Waals surface area (Å²) in [6, 6.07) is 32.2. The third-order valence-electron chi connectivity index (χ3n) is 11.1. The fraction of sp³-hybridized carbons (Fsp3) is 0.333. The minimum absolute atomic E-state index is 0.0401. The molecule has 0 heterocycles. The molecular weight excluding hydrogens is 914 g/mol. The van der Waals surface area contributed by atoms with Crippen LogP contribution in [0.3, 0.4) is 0 Å². The van der Waals surface area contributed by atoms with E-state index < -0.39 is 77.8 Å². The number of nitrogens with one attached hydrogen (secondary N) is 5. The second-order valence-electron chi connectivity index (χ2n) is 19.0. The zero-order valence-corrected chi connectivity index (χ0v) is 40.8. The molecule has 5 aromatic carbocycles. The summed E-state index contributed by atoms with van der Waals surface area (Å²) >= 11 is 6.14. The normalized spacial score (nSPS) is 13.8. The first-order chi connectivity index (χ1) is 33.2. The Morgan fingerprint density at radius 3 is 1.54 bits per heavy atom. The van der Waals surface area contributed by atoms with Gasteiger partial charge >= 0.3 is 18.2 Å². The van der Waals surface area contributed by atoms with Gasteiger partial charge < -0.3 is 45.9 Å². The number of aliphatic carboxylic acids is 1. The van der Waals surface area contributed by atoms with Crippen molar-refractivity contribution in [2.45, 2.75) is 102 Å². The molecule has 0 saturated heterocycles. The molecule has 15 nitrogen and oxygen atoms in total. The number of ether oxygens (including phenoxy) is 3. The Kier molecular flexibility index (Phi) is 17.3. The smallest absolute Gasteiger partial charge is 0.408 e. The number of hydrogen-bond acceptors (Lipinski definition) is 9. The first-order valence-corrected chi connectivity index (χ1v) is 23.4. The van der Waals surface area contributed by atoms with Crippen LogP contribution in [0.1, 0.15) is 75.3 Å². The topological polar surface area (TPSA) is 210 Å². The molecule has 0 bridgehead atoms. The molecule has 0 radical (unpaired) electrons. The maximum atomic E-state index is 14.6. The molecule has 0 aromatic heterocycles. The number of carboxylic acids is 1. The monoisotopic (exact) mass is 973 g/mol. The van der Waals surface area contributed by atoms with Crippen LogP contribution in [-0.4, -0.2) is 89.5 Å². The van der Waals surface area contributed by atoms with Crippen LogP contribution < -0.4 is 31.3 Å². The minimum Gasteiger partial charge on any atom is -0.488 e. The standard InChI is InChI=1S/C54H60ClN5O10/c1-53(2,3)69-37-26-22-35(23-27-37)28-43(47(61)58-45(50(64)65)30-33-14-8-7-9-15-33)57-49(63)46(59-48(62)44(60-52(67)70-54(4,5)6)29-34-20-24-36(55)25-21-34)31-56-51(66)68-32-42-40-18-12-10-16-38(40)39-17-11-13-19-41(39)42/h7-27,42-46H,28-32H2,1-6H3,(H,56,66)(H,57,63)(H,58,61)(H,59,62)(H,60,67)(H,64,65)/t43-,44-,45+,46+/m0/s1. The second kappa shape index (κ2) is 23.3. The van der Waals surface area contributed by atoms with E-state index >= 15 is 0 Å². The van der Waals surface area contributed by atoms with E-state index in [9.17, 15) is 33.9 Å². The van der Waals surface area contributed by atoms with Crippen LogP contribution in [-0.2, 0) is 47.9 Å². The summed E-state index contributed by atoms with van der Waals surface area (Å²) in [6.07, 6.45) is -2.03. The van der Waals surface area contributed by atoms with Crippen molar-refractivity contribution in [2.75, 3.05) is 13.2 Å². The van der Waals surface area contributed by atoms with E-state index in [2.05, 4.69) is 26.6 Å². The summed E-state index contributed by atoms with van der Waals surface area (Å²) in [5.41, 5.74) is 4.46. The van der Waals surface area contributed by atoms with Gasteiger partial charge in [-0.2, -0.15) is 0 Å². The van der Waals surface area contributed by atoms with Gasteiger partial charge in [-0.3, -0.25) is 14.4 Å². The Bertz CT molecular complexity index is 2590. The zero-order chi connectivity index (χ0) is 50.6. The average molecular weight is 975 g/mol. The highest BCUT2D eigenvalue weighted by molar-refractivity contribution is 6.30. The molecule has 5 aromatic rings. The minimum atomic E-state index is -1.58. The predicted molar refractivity (Wildman–Crippen MR) is 265 cm³/mol. The van der Waals surface area contributed by atoms with Gasteiger partial charge in [-0.25, -0.2) is 14.4 Å². The van der Waals surface area contributed by atoms with Gasteiger partial charge in [0.1, 0.15) is 47.7 Å². The molecule has 0 aliphatic heterocycles. The number of carbonyl (C=O) groups is 6. The first kappa shape index (κ1) is 52.0. The highest BCUT2D eigenvalue weighted by atomic mass is 35.5. The van der Waals surface area contributed by atoms with E-state index in [4.69, 9.17) is 25.8 Å². The molecule has 0 spiro atoms. The molecule has 368 valence electrons. The van der Waals surface area contributed by atoms with Crippen LogP contribution >= 0.6 is 11.6 Å². The van der Waals surface area contributed by atoms with Gasteiger partial charge in [0, 0.05) is 30.2 Å². The Hall–Kier alpha value is -7.39. The van der Waals surface area contributed by atoms with E-state index in [1.165, 1.54) is 0 Å². The van der Waals surface area contributed by atoms with Crippen molar-refractivity contribution in [2.24, 2.45) is 0 Å². The van der Waals surface area contributed by atoms with Crippen molar-refractivity contribution < 1.29 is 48.1 Å². The average Bonchev–Trinajstić information content (AvgIpc) is 3.62. The van der Waals surface area contributed by atoms with E-state index in [1.807, 2.05) is 69.3 Å². The number of alkyl carbamates (subject to hydrolysis) is 2. The van der Waals surface area contributed by atoms with E-state index in [0.29, 0.717) is 27.5 Å². The highest BCUT2D eigenvalue weighted by Gasteiger charge is 2.34. The fourth-order valence-electron chi connectivity index (χ4n) is 7.92. The summed E-state index contributed by atoms with van der Waals surface area (Å²) in [5, 5.41) is 23.8. The van der Waals surface area contributed by atoms with Gasteiger partial charge in [0.25, 0.3) is 0 Å². The quantitative estimate of drug-likeness (QED) is 0.0480. The van der Waals surface area contributed by atoms with Gasteiger partial charge in [-0.15, -0.1) is 0 Å². The van der Waals surface area contributed by atoms with Gasteiger partial charge in [0.15, 0.2) is 0 Å². The summed E-state index contributed by atoms with van der Waals surface area (Å²) < 4.78 is 17.2. The lowest BCUT2D eigenvalue weighted by atomic mass is 9.98. The summed E-state index contributed by atoms with van der Waals surface area (Å²) in [6.45, 7) is 10.1. The van der Waals surface area contributed by atoms with Crippen molar-refractivity contribution in [1.29, 1.82) is 0 Å². The van der Waals surface area contributed by atoms with Crippen molar-refractivity contribution in [3.05, 3.63) is 160 Å². The van der Waals surface area contributed by atoms with Crippen LogP contribution in [0.5, 0.6) is 5.75 Å². The molecule has 16 heteroatoms. The zero-order valence-electron chi connectivity index (χ0n) is 40.0. The largest absolute Gasteiger partial charge is 0.488 e. The number of hydrogen-bond donors (Lipinski definition) is 6. The van der Waals surface area contributed by atoms with Crippen molar-refractivity contribution >= 4 is 47.5 Å². The molecule has 6 N–H and O–H groups in total. The van der Waals surface area contributed by atoms with Crippen LogP contribution in [0, 0.1) is 0 Å². The molecule has 0 fully saturated rings. The lowest BCUT2D eigenvalue weighted by Gasteiger charge is -2.27. The molecule has 0 saturated carbocycles. The summed E-state index contributed by atoms with van der Waals surface area (Å²) in [4.78, 5) is 82.5. The third kappa shape index (κ3) is 15.3. The van der Waals surface area contributed by atoms with Crippen LogP contribution in [0.15, 0.2) is 127 Å². The molecular formula is C54H60ClN5O10. The van der Waals surface area contributed by atoms with E-state index in [1.54, 1.807) is 99.6 Å². The third-order valence-corrected chi connectivity index (χ3v) is 11.4. The number of amides is 5. The van der Waals surface area contributed by atoms with Crippen molar-refractivity contribution in [1.82, 2.24) is 26.6 Å². The Morgan fingerprint density at radius 1 is 0.543 bits per heavy atom. The molecule has 1 aliphatic rings. The van der Waals surface area contributed by atoms with Crippen LogP contribution in [0.2, 0.25) is 5.02 Å². The van der Waals surface area contributed by atoms with E-state index in [-0.39, 0.29) is 31.8 Å². The van der Waals surface area contributed by atoms with Crippen LogP contribution in [0.25, 0.3) is 11.1 Å². The Labute approximate surface area is 413 Å². The Morgan fingerprint density at radius 2 is 1.00 bits per heavy atom. The number of carboxylic acid groups (broad SMARTS) is 1. The lowest BCUT2D eigenvalue weighted by Crippen LogP contribution is -2.61. The Balaban J connectivity index is 1.27. The fourth-order valence-corrected chi connectivity index (χ4v) is 8.04. The number of halogens is 1. The van der Waals surface area contributed by atoms with Gasteiger partial charge in [0.2, 0.25) is 17.7 Å². The lowest BCUT2D eigenvalue weighted by molar-refractivity contribution is -0.142. The predicted octanol–water partition coefficient (Wildman–Crippen LogP) is 7.52. The summed E-state index contributed by atoms with van der Waals surface area (Å²) in [7, 11) is 0. The molecule has 4 atom stereocenters. The maximum absolute atomic E-state index is 14.6. The summed E-state index contributed by atoms with van der Waals surface area (Å²) in [5.74, 6) is -3.59. The number of benzene rings is 5. The molecule has 6 rings (SSSR count). The first-order valence-electron chi connectivity index (χ1n) is 23.0. The SMILES string of the molecule is CC(C)(C)OC(=O)N[C@@H](Cc1ccc(Cl)cc1)C(=O)N[C@H](CNC(=O)OCC1c2ccccc2-c2ccccc21)C(=O)N[C@@H](Cc1ccc(OC(C)(C)C)cc1)C(=O)N[C@H](Cc1ccccc1)C(=O)O. The second-order valence-corrected chi connectivity index (χ2v) is 19.4. The van der Waals surface area contributed by atoms with Gasteiger partial charge in [-0.05, 0) is 105 Å². The number of fused-ring (bicyclic) bond motifs is 3. The van der Waals surface area contributed by atoms with Gasteiger partial charge in [-0.1, -0.05) is 115 Å². The van der Waals surface area contributed by atoms with Crippen LogP contribution in [0.4, 0.5) is 9.59 Å². The molecule has 0 unspecified atom stereocenters. The molecule has 5 amide bonds. The highest BCUT2D eigenvalue weighted by Crippen LogP contribution is 2.44. The van der Waals surface area contributed by atoms with Crippen molar-refractivity contribution in [3.8, 4) is 16.9 Å². The van der Waals surface area contributed by atoms with Gasteiger partial charge in [0.05, 0.1) is 6.54 Å². The van der Waals surface area contributed by atoms with E-state index in [0.717, 1.165) is 22.3 Å². The van der Waals surface area contributed by atoms with Crippen molar-refractivity contribution in [3.63, 3.8) is 0 Å². The number of carbonyl (C=O) groups excluding carboxylic acids is 5. The maximum Gasteiger partial charge on any atom is 0.408 e. The molecule has 1 aliphatic carbocycles. The molecule has 70 heavy (non-hydrogen) atoms. The number of rotatable bonds is 19.